The van der Waals surface area contributed by atoms with Crippen molar-refractivity contribution in [1.29, 1.82) is 0 Å². The second kappa shape index (κ2) is 9.19. The maximum atomic E-state index is 13.0. The number of sulfonamides is 1. The molecular weight excluding hydrogens is 464 g/mol. The van der Waals surface area contributed by atoms with E-state index >= 15 is 0 Å². The summed E-state index contributed by atoms with van der Waals surface area (Å²) in [6, 6.07) is 19.6. The van der Waals surface area contributed by atoms with Crippen molar-refractivity contribution < 1.29 is 8.42 Å². The molecule has 8 heteroatoms. The second-order valence-corrected chi connectivity index (χ2v) is 10.8. The van der Waals surface area contributed by atoms with E-state index < -0.39 is 10.0 Å². The number of benzene rings is 3. The fraction of sp³-hybridized carbons (Fsp3) is 0.208. The molecule has 0 bridgehead atoms. The van der Waals surface area contributed by atoms with Gasteiger partial charge in [-0.15, -0.1) is 0 Å². The van der Waals surface area contributed by atoms with Gasteiger partial charge in [-0.25, -0.2) is 13.1 Å². The van der Waals surface area contributed by atoms with Gasteiger partial charge in [-0.2, -0.15) is 0 Å². The molecule has 4 rings (SSSR count). The zero-order chi connectivity index (χ0) is 22.9. The molecule has 32 heavy (non-hydrogen) atoms. The quantitative estimate of drug-likeness (QED) is 0.382. The predicted molar refractivity (Wildman–Crippen MR) is 131 cm³/mol. The maximum Gasteiger partial charge on any atom is 0.308 e. The molecule has 1 aromatic heterocycles. The van der Waals surface area contributed by atoms with Crippen molar-refractivity contribution in [2.24, 2.45) is 0 Å². The molecule has 0 saturated carbocycles. The Kier molecular flexibility index (Phi) is 6.53. The molecule has 0 spiro atoms. The minimum atomic E-state index is -3.75. The molecule has 0 aliphatic rings. The summed E-state index contributed by atoms with van der Waals surface area (Å²) in [6.07, 6.45) is 0.931. The summed E-state index contributed by atoms with van der Waals surface area (Å²) in [5, 5.41) is 0.633. The Balaban J connectivity index is 1.60. The highest BCUT2D eigenvalue weighted by Gasteiger charge is 2.20. The Morgan fingerprint density at radius 2 is 1.66 bits per heavy atom. The molecule has 1 N–H and O–H groups in total. The third-order valence-electron chi connectivity index (χ3n) is 5.42. The number of fused-ring (bicyclic) bond motifs is 1. The fourth-order valence-corrected chi connectivity index (χ4v) is 5.94. The molecule has 0 fully saturated rings. The molecule has 3 aromatic carbocycles. The van der Waals surface area contributed by atoms with Crippen LogP contribution in [0.3, 0.4) is 0 Å². The number of hydrogen-bond acceptors (Lipinski definition) is 4. The average Bonchev–Trinajstić information content (AvgIpc) is 3.09. The summed E-state index contributed by atoms with van der Waals surface area (Å²) in [5.74, 6) is 0. The number of aryl methyl sites for hydroxylation is 1. The molecule has 166 valence electrons. The molecule has 5 nitrogen and oxygen atoms in total. The number of halogens is 1. The van der Waals surface area contributed by atoms with Gasteiger partial charge in [0, 0.05) is 11.1 Å². The first kappa shape index (κ1) is 22.7. The number of rotatable bonds is 7. The number of nitrogens with zero attached hydrogens (tertiary/aromatic N) is 1. The first-order valence-electron chi connectivity index (χ1n) is 10.3. The highest BCUT2D eigenvalue weighted by Crippen LogP contribution is 2.24. The number of hydrogen-bond donors (Lipinski definition) is 1. The van der Waals surface area contributed by atoms with Gasteiger partial charge < -0.3 is 0 Å². The van der Waals surface area contributed by atoms with Gasteiger partial charge in [0.25, 0.3) is 0 Å². The van der Waals surface area contributed by atoms with E-state index in [0.717, 1.165) is 28.9 Å². The molecular formula is C24H23ClN2O3S2. The van der Waals surface area contributed by atoms with Crippen molar-refractivity contribution in [3.05, 3.63) is 98.1 Å². The normalized spacial score (nSPS) is 12.8. The molecule has 4 aromatic rings. The topological polar surface area (TPSA) is 68.2 Å². The van der Waals surface area contributed by atoms with E-state index in [2.05, 4.69) is 11.6 Å². The Bertz CT molecular complexity index is 1410. The number of aromatic nitrogens is 1. The van der Waals surface area contributed by atoms with Crippen LogP contribution >= 0.6 is 22.9 Å². The van der Waals surface area contributed by atoms with Crippen LogP contribution in [0.25, 0.3) is 10.2 Å². The smallest absolute Gasteiger partial charge is 0.294 e. The van der Waals surface area contributed by atoms with Crippen LogP contribution in [-0.4, -0.2) is 13.0 Å². The van der Waals surface area contributed by atoms with E-state index in [1.807, 2.05) is 43.3 Å². The monoisotopic (exact) mass is 486 g/mol. The molecule has 1 heterocycles. The van der Waals surface area contributed by atoms with Gasteiger partial charge in [-0.1, -0.05) is 66.3 Å². The molecule has 1 unspecified atom stereocenters. The van der Waals surface area contributed by atoms with E-state index in [1.165, 1.54) is 5.56 Å². The third kappa shape index (κ3) is 4.81. The van der Waals surface area contributed by atoms with Gasteiger partial charge in [0.15, 0.2) is 0 Å². The van der Waals surface area contributed by atoms with Crippen molar-refractivity contribution in [3.63, 3.8) is 0 Å². The van der Waals surface area contributed by atoms with Gasteiger partial charge >= 0.3 is 4.87 Å². The average molecular weight is 487 g/mol. The number of thiazole rings is 1. The predicted octanol–water partition coefficient (Wildman–Crippen LogP) is 5.37. The lowest BCUT2D eigenvalue weighted by atomic mass is 10.1. The Labute approximate surface area is 196 Å². The Morgan fingerprint density at radius 1 is 1.00 bits per heavy atom. The van der Waals surface area contributed by atoms with Gasteiger partial charge in [-0.3, -0.25) is 9.36 Å². The van der Waals surface area contributed by atoms with Crippen LogP contribution in [0.2, 0.25) is 5.02 Å². The molecule has 0 aliphatic carbocycles. The lowest BCUT2D eigenvalue weighted by Gasteiger charge is -2.15. The van der Waals surface area contributed by atoms with E-state index in [1.54, 1.807) is 34.9 Å². The van der Waals surface area contributed by atoms with Crippen molar-refractivity contribution >= 4 is 43.2 Å². The van der Waals surface area contributed by atoms with Crippen LogP contribution in [0, 0.1) is 0 Å². The van der Waals surface area contributed by atoms with E-state index in [0.29, 0.717) is 21.8 Å². The minimum Gasteiger partial charge on any atom is -0.294 e. The van der Waals surface area contributed by atoms with Gasteiger partial charge in [0.05, 0.1) is 21.7 Å². The van der Waals surface area contributed by atoms with Gasteiger partial charge in [0.2, 0.25) is 10.0 Å². The van der Waals surface area contributed by atoms with E-state index in [4.69, 9.17) is 11.6 Å². The summed E-state index contributed by atoms with van der Waals surface area (Å²) in [5.41, 5.74) is 3.74. The summed E-state index contributed by atoms with van der Waals surface area (Å²) < 4.78 is 31.0. The first-order chi connectivity index (χ1) is 15.3. The summed E-state index contributed by atoms with van der Waals surface area (Å²) >= 11 is 6.98. The zero-order valence-electron chi connectivity index (χ0n) is 17.7. The zero-order valence-corrected chi connectivity index (χ0v) is 20.1. The van der Waals surface area contributed by atoms with Crippen LogP contribution in [0.1, 0.15) is 36.6 Å². The van der Waals surface area contributed by atoms with Crippen molar-refractivity contribution in [3.8, 4) is 0 Å². The minimum absolute atomic E-state index is 0.137. The molecule has 1 atom stereocenters. The standard InChI is InChI=1S/C24H23ClN2O3S2/c1-3-17-4-8-19(9-5-17)16(2)26-32(29,30)21-12-13-22-23(14-21)31-24(28)27(22)15-18-6-10-20(25)11-7-18/h4-14,16,26H,3,15H2,1-2H3. The highest BCUT2D eigenvalue weighted by molar-refractivity contribution is 7.89. The third-order valence-corrected chi connectivity index (χ3v) is 8.16. The molecule has 0 amide bonds. The molecule has 0 saturated heterocycles. The first-order valence-corrected chi connectivity index (χ1v) is 12.9. The fourth-order valence-electron chi connectivity index (χ4n) is 3.55. The van der Waals surface area contributed by atoms with Crippen molar-refractivity contribution in [1.82, 2.24) is 9.29 Å². The maximum absolute atomic E-state index is 13.0. The van der Waals surface area contributed by atoms with Crippen molar-refractivity contribution in [2.45, 2.75) is 37.8 Å². The van der Waals surface area contributed by atoms with Gasteiger partial charge in [0.1, 0.15) is 0 Å². The van der Waals surface area contributed by atoms with Crippen LogP contribution < -0.4 is 9.60 Å². The molecule has 0 aliphatic heterocycles. The van der Waals surface area contributed by atoms with E-state index in [-0.39, 0.29) is 15.8 Å². The lowest BCUT2D eigenvalue weighted by Crippen LogP contribution is -2.26. The van der Waals surface area contributed by atoms with Crippen molar-refractivity contribution in [2.75, 3.05) is 0 Å². The van der Waals surface area contributed by atoms with Crippen LogP contribution in [-0.2, 0) is 23.0 Å². The van der Waals surface area contributed by atoms with Crippen LogP contribution in [0.15, 0.2) is 76.4 Å². The largest absolute Gasteiger partial charge is 0.308 e. The van der Waals surface area contributed by atoms with Crippen LogP contribution in [0.4, 0.5) is 0 Å². The second-order valence-electron chi connectivity index (χ2n) is 7.65. The lowest BCUT2D eigenvalue weighted by molar-refractivity contribution is 0.567. The van der Waals surface area contributed by atoms with Crippen LogP contribution in [0.5, 0.6) is 0 Å². The van der Waals surface area contributed by atoms with E-state index in [9.17, 15) is 13.2 Å². The summed E-state index contributed by atoms with van der Waals surface area (Å²) in [7, 11) is -3.75. The highest BCUT2D eigenvalue weighted by atomic mass is 35.5. The summed E-state index contributed by atoms with van der Waals surface area (Å²) in [6.45, 7) is 4.29. The SMILES string of the molecule is CCc1ccc(C(C)NS(=O)(=O)c2ccc3c(c2)sc(=O)n3Cc2ccc(Cl)cc2)cc1. The Morgan fingerprint density at radius 3 is 2.31 bits per heavy atom. The summed E-state index contributed by atoms with van der Waals surface area (Å²) in [4.78, 5) is 12.6. The number of nitrogens with one attached hydrogen (secondary N) is 1. The van der Waals surface area contributed by atoms with Gasteiger partial charge in [-0.05, 0) is 60.4 Å². The Hall–Kier alpha value is -2.45. The molecule has 0 radical (unpaired) electrons.